The van der Waals surface area contributed by atoms with E-state index in [1.165, 1.54) is 17.0 Å². The number of amides is 4. The number of phenolic OH excluding ortho intramolecular Hbond substituents is 2. The van der Waals surface area contributed by atoms with Gasteiger partial charge in [0.15, 0.2) is 0 Å². The van der Waals surface area contributed by atoms with Crippen molar-refractivity contribution in [3.05, 3.63) is 386 Å². The standard InChI is InChI=1S/C22H14Cl2INO3.C16H14Cl2INO3S.C14H12Cl2INO.C14H11Cl2IO2.C12H7Cl2IO.C8H5NO2.C6H6BO3.C6H2Cl2I2.C2H5BrO.C2H4Cl2O2S/c23-18-11-17(20(25)12-19(18)24)13-4-3-5-14(10-13)29-9-8-26-21(27)15-6-1-2-7-16(15)22(26)28;1-2-24(21,22)20-6-7-23-12-5-3-4-11(8-12)13-9-14(17)15(18)10-16(13)19;2*15-12-7-11(14(17)8-13(12)16)9-2-1-3-10(6-9)19-5-4-18;13-10-5-9(12(15)6-11(10)14)7-2-1-3-8(16)4-7;10-7-5-3-1-2-4-6(5)8(11)9-7;8-5-2-1-3-6(4-5)10-7-9;7-3-1-5(9)6(10)2-4(3)8;3-1-2-4;3-1-2-7(4,5)6/h1-7,10-12H,8-9H2;2-5,8-10,20H,1,6-7H2;1-3,6-8H,4-5,18H2;1-3,6-8,18H,4-5H2;1-6,16H;1-4H,(H,9,10,11);1-4,8-9H;1-2H;4H,1-2H2;1-2H2. The maximum Gasteiger partial charge on any atom is 0.569 e. The van der Waals surface area contributed by atoms with Crippen molar-refractivity contribution in [1.29, 1.82) is 0 Å². The molecule has 14 aromatic carbocycles. The predicted octanol–water partition coefficient (Wildman–Crippen LogP) is 31.1. The van der Waals surface area contributed by atoms with E-state index in [1.54, 1.807) is 97.1 Å². The van der Waals surface area contributed by atoms with Gasteiger partial charge in [0, 0.05) is 71.4 Å². The summed E-state index contributed by atoms with van der Waals surface area (Å²) in [5.74, 6) is 2.27. The van der Waals surface area contributed by atoms with E-state index in [0.29, 0.717) is 132 Å². The lowest BCUT2D eigenvalue weighted by Crippen LogP contribution is -2.33. The number of nitrogens with two attached hydrogens (primary N) is 1. The number of alkyl halides is 2. The van der Waals surface area contributed by atoms with Crippen LogP contribution in [-0.2, 0) is 19.1 Å². The minimum absolute atomic E-state index is 0.00542. The molecule has 149 heavy (non-hydrogen) atoms. The van der Waals surface area contributed by atoms with Crippen LogP contribution in [0, 0.1) is 25.0 Å². The topological polar surface area (TPSA) is 337 Å². The normalized spacial score (nSPS) is 11.2. The fourth-order valence-corrected chi connectivity index (χ4v) is 22.0. The molecule has 22 nitrogen and oxygen atoms in total. The van der Waals surface area contributed by atoms with Crippen LogP contribution < -0.4 is 39.4 Å². The molecule has 0 bridgehead atoms. The van der Waals surface area contributed by atoms with Crippen molar-refractivity contribution < 1.29 is 85.1 Å². The number of carbonyl (C=O) groups is 4. The Hall–Kier alpha value is -4.89. The van der Waals surface area contributed by atoms with E-state index in [2.05, 4.69) is 195 Å². The molecular weight excluding hydrogens is 3110 g/mol. The van der Waals surface area contributed by atoms with Gasteiger partial charge in [-0.25, -0.2) is 21.6 Å². The minimum atomic E-state index is -3.43. The number of aromatic hydroxyl groups is 2. The zero-order valence-corrected chi connectivity index (χ0v) is 105. The van der Waals surface area contributed by atoms with Crippen molar-refractivity contribution >= 4 is 386 Å². The quantitative estimate of drug-likeness (QED) is 0.00475. The molecule has 0 aliphatic carbocycles. The molecule has 0 spiro atoms. The first-order valence-corrected chi connectivity index (χ1v) is 60.2. The van der Waals surface area contributed by atoms with Gasteiger partial charge in [-0.15, -0.1) is 11.6 Å². The average Bonchev–Trinajstić information content (AvgIpc) is 1.63. The third-order valence-electron chi connectivity index (χ3n) is 18.9. The number of sulfonamides is 1. The van der Waals surface area contributed by atoms with Gasteiger partial charge in [0.2, 0.25) is 19.1 Å². The summed E-state index contributed by atoms with van der Waals surface area (Å²) in [6, 6.07) is 79.2. The number of phenols is 2. The van der Waals surface area contributed by atoms with Crippen molar-refractivity contribution in [2.24, 2.45) is 5.73 Å². The molecule has 9 N–H and O–H groups in total. The van der Waals surface area contributed by atoms with E-state index in [9.17, 15) is 41.1 Å². The highest BCUT2D eigenvalue weighted by Gasteiger charge is 2.35. The molecule has 0 unspecified atom stereocenters. The number of fused-ring (bicyclic) bond motifs is 2. The number of halogens is 22. The summed E-state index contributed by atoms with van der Waals surface area (Å²) in [5.41, 5.74) is 17.0. The smallest absolute Gasteiger partial charge is 0.537 e. The van der Waals surface area contributed by atoms with Crippen LogP contribution in [0.4, 0.5) is 0 Å². The van der Waals surface area contributed by atoms with Crippen LogP contribution in [0.15, 0.2) is 279 Å². The number of nitrogens with one attached hydrogen (secondary N) is 2. The van der Waals surface area contributed by atoms with Crippen LogP contribution in [-0.4, -0.2) is 155 Å². The predicted molar refractivity (Wildman–Crippen MR) is 670 cm³/mol. The Labute approximate surface area is 1040 Å². The van der Waals surface area contributed by atoms with Crippen LogP contribution in [0.3, 0.4) is 0 Å². The summed E-state index contributed by atoms with van der Waals surface area (Å²) in [6.07, 6.45) is 0. The highest BCUT2D eigenvalue weighted by atomic mass is 127. The van der Waals surface area contributed by atoms with Crippen molar-refractivity contribution in [1.82, 2.24) is 14.9 Å². The molecule has 0 aromatic heterocycles. The van der Waals surface area contributed by atoms with Gasteiger partial charge in [0.25, 0.3) is 23.6 Å². The second kappa shape index (κ2) is 67.4. The van der Waals surface area contributed by atoms with Gasteiger partial charge < -0.3 is 54.8 Å². The number of ether oxygens (including phenoxy) is 4. The number of benzene rings is 14. The summed E-state index contributed by atoms with van der Waals surface area (Å²) >= 11 is 95.4. The van der Waals surface area contributed by atoms with Crippen molar-refractivity contribution in [3.63, 3.8) is 0 Å². The number of hydrogen-bond acceptors (Lipinski definition) is 19. The van der Waals surface area contributed by atoms with E-state index >= 15 is 0 Å². The van der Waals surface area contributed by atoms with Crippen LogP contribution in [0.5, 0.6) is 40.2 Å². The monoisotopic (exact) mass is 3180 g/mol. The van der Waals surface area contributed by atoms with Gasteiger partial charge in [-0.1, -0.05) is 253 Å². The zero-order valence-electron chi connectivity index (χ0n) is 76.5. The summed E-state index contributed by atoms with van der Waals surface area (Å²) in [5, 5.41) is 53.3. The van der Waals surface area contributed by atoms with E-state index in [0.717, 1.165) is 91.8 Å². The molecule has 2 heterocycles. The molecular formula is C102H80BBrCl14I7N4O18S2. The van der Waals surface area contributed by atoms with Gasteiger partial charge in [-0.2, -0.15) is 0 Å². The van der Waals surface area contributed by atoms with E-state index < -0.39 is 19.1 Å². The Bertz CT molecular complexity index is 7030. The van der Waals surface area contributed by atoms with Crippen LogP contribution >= 0.6 is 336 Å². The second-order valence-corrected chi connectivity index (χ2v) is 48.1. The lowest BCUT2D eigenvalue weighted by atomic mass is 10.1. The molecule has 1 radical (unpaired) electrons. The molecule has 47 heteroatoms. The first-order chi connectivity index (χ1) is 70.8. The van der Waals surface area contributed by atoms with E-state index in [1.807, 2.05) is 158 Å². The SMILES string of the molecule is C=CS(=O)(=O)NCCOc1cccc(-c2cc(Cl)c(Cl)cc2I)c1.Clc1cc(I)c(I)cc1Cl.NCCOc1cccc(-c2cc(Cl)c(Cl)cc2I)c1.O=C1NC(=O)c2ccccc21.O=C1c2ccccc2C(=O)N1CCOc1cccc(-c2cc(Cl)c(Cl)cc2I)c1.O=S(=O)(Cl)CCCl.OCCBr.OCCOc1cccc(-c2cc(Cl)c(Cl)cc2I)c1.O[B]Oc1cccc(O)c1.Oc1cccc(-c2cc(Cl)c(Cl)cc2I)c1. The molecule has 16 rings (SSSR count). The third-order valence-corrected chi connectivity index (χ3v) is 33.5. The number of hydrogen-bond donors (Lipinski definition) is 8. The molecule has 2 aliphatic rings. The number of nitrogens with zero attached hydrogens (tertiary/aromatic N) is 1. The summed E-state index contributed by atoms with van der Waals surface area (Å²) < 4.78 is 78.8. The third kappa shape index (κ3) is 44.1. The van der Waals surface area contributed by atoms with E-state index in [4.69, 9.17) is 207 Å². The largest absolute Gasteiger partial charge is 0.569 e. The fraction of sp³-hybridized carbons (Fsp3) is 0.118. The van der Waals surface area contributed by atoms with Crippen molar-refractivity contribution in [3.8, 4) is 95.9 Å². The fourth-order valence-electron chi connectivity index (χ4n) is 12.2. The van der Waals surface area contributed by atoms with Gasteiger partial charge in [0.1, 0.15) is 66.7 Å². The first-order valence-electron chi connectivity index (χ1n) is 42.4. The maximum absolute atomic E-state index is 12.4. The first kappa shape index (κ1) is 131. The zero-order chi connectivity index (χ0) is 110. The molecule has 4 amide bonds. The number of carbonyl (C=O) groups excluding carboxylic acids is 4. The molecule has 785 valence electrons. The van der Waals surface area contributed by atoms with Crippen LogP contribution in [0.1, 0.15) is 41.4 Å². The van der Waals surface area contributed by atoms with Gasteiger partial charge >= 0.3 is 7.69 Å². The summed E-state index contributed by atoms with van der Waals surface area (Å²) in [6.45, 7) is 5.47. The lowest BCUT2D eigenvalue weighted by molar-refractivity contribution is 0.0630. The Morgan fingerprint density at radius 3 is 0.966 bits per heavy atom. The number of imide groups is 2. The number of aliphatic hydroxyl groups excluding tert-OH is 2. The highest BCUT2D eigenvalue weighted by molar-refractivity contribution is 14.1. The molecule has 2 aliphatic heterocycles. The second-order valence-electron chi connectivity index (χ2n) is 29.3. The molecule has 14 aromatic rings. The minimum Gasteiger partial charge on any atom is -0.537 e. The molecule has 0 fully saturated rings. The summed E-state index contributed by atoms with van der Waals surface area (Å²) in [7, 11) is -1.48. The van der Waals surface area contributed by atoms with Crippen molar-refractivity contribution in [2.45, 2.75) is 0 Å². The van der Waals surface area contributed by atoms with Gasteiger partial charge in [-0.05, 0) is 384 Å². The van der Waals surface area contributed by atoms with Crippen LogP contribution in [0.25, 0.3) is 55.6 Å². The molecule has 0 saturated carbocycles. The molecule has 0 atom stereocenters. The lowest BCUT2D eigenvalue weighted by Gasteiger charge is -2.15. The summed E-state index contributed by atoms with van der Waals surface area (Å²) in [4.78, 5) is 47.9. The number of aliphatic hydroxyl groups is 2. The Balaban J connectivity index is 0.000000232. The van der Waals surface area contributed by atoms with Crippen LogP contribution in [0.2, 0.25) is 60.3 Å². The molecule has 0 saturated heterocycles. The van der Waals surface area contributed by atoms with Gasteiger partial charge in [0.05, 0.1) is 108 Å². The average molecular weight is 3190 g/mol. The number of rotatable bonds is 26. The highest BCUT2D eigenvalue weighted by Crippen LogP contribution is 2.42. The Kier molecular flexibility index (Phi) is 59.2. The maximum atomic E-state index is 12.4. The van der Waals surface area contributed by atoms with E-state index in [-0.39, 0.29) is 92.9 Å². The Morgan fingerprint density at radius 1 is 0.383 bits per heavy atom. The van der Waals surface area contributed by atoms with Gasteiger partial charge in [-0.3, -0.25) is 29.4 Å². The Morgan fingerprint density at radius 2 is 0.671 bits per heavy atom. The van der Waals surface area contributed by atoms with Crippen molar-refractivity contribution in [2.75, 3.05) is 76.2 Å².